The highest BCUT2D eigenvalue weighted by Gasteiger charge is 2.41. The SMILES string of the molecule is O=S1(=O)CC(C2CNCCC2O)c2ccccc21. The zero-order chi connectivity index (χ0) is 12.8. The van der Waals surface area contributed by atoms with Crippen molar-refractivity contribution in [2.75, 3.05) is 18.8 Å². The van der Waals surface area contributed by atoms with E-state index in [0.29, 0.717) is 17.9 Å². The number of rotatable bonds is 1. The van der Waals surface area contributed by atoms with Crippen molar-refractivity contribution in [1.82, 2.24) is 5.32 Å². The lowest BCUT2D eigenvalue weighted by atomic mass is 9.81. The first-order valence-electron chi connectivity index (χ1n) is 6.30. The molecule has 1 aromatic rings. The largest absolute Gasteiger partial charge is 0.393 e. The average molecular weight is 267 g/mol. The summed E-state index contributed by atoms with van der Waals surface area (Å²) in [6, 6.07) is 7.18. The Hall–Kier alpha value is -0.910. The maximum atomic E-state index is 12.1. The van der Waals surface area contributed by atoms with Gasteiger partial charge < -0.3 is 10.4 Å². The molecule has 98 valence electrons. The van der Waals surface area contributed by atoms with E-state index in [4.69, 9.17) is 0 Å². The summed E-state index contributed by atoms with van der Waals surface area (Å²) in [6.45, 7) is 1.49. The molecule has 1 saturated heterocycles. The molecular formula is C13H17NO3S. The number of nitrogens with one attached hydrogen (secondary N) is 1. The van der Waals surface area contributed by atoms with Gasteiger partial charge in [-0.1, -0.05) is 18.2 Å². The molecule has 5 heteroatoms. The van der Waals surface area contributed by atoms with E-state index in [1.165, 1.54) is 0 Å². The van der Waals surface area contributed by atoms with Crippen molar-refractivity contribution < 1.29 is 13.5 Å². The summed E-state index contributed by atoms with van der Waals surface area (Å²) in [4.78, 5) is 0.452. The van der Waals surface area contributed by atoms with Crippen LogP contribution in [0.15, 0.2) is 29.2 Å². The van der Waals surface area contributed by atoms with Gasteiger partial charge in [-0.15, -0.1) is 0 Å². The number of hydrogen-bond acceptors (Lipinski definition) is 4. The summed E-state index contributed by atoms with van der Waals surface area (Å²) in [5.41, 5.74) is 0.880. The molecule has 0 amide bonds. The van der Waals surface area contributed by atoms with E-state index >= 15 is 0 Å². The smallest absolute Gasteiger partial charge is 0.179 e. The quantitative estimate of drug-likeness (QED) is 0.779. The molecule has 0 saturated carbocycles. The van der Waals surface area contributed by atoms with Crippen LogP contribution in [0.4, 0.5) is 0 Å². The molecule has 18 heavy (non-hydrogen) atoms. The predicted molar refractivity (Wildman–Crippen MR) is 68.2 cm³/mol. The van der Waals surface area contributed by atoms with Crippen LogP contribution in [-0.2, 0) is 9.84 Å². The molecule has 0 spiro atoms. The summed E-state index contributed by atoms with van der Waals surface area (Å²) in [7, 11) is -3.17. The third-order valence-corrected chi connectivity index (χ3v) is 5.90. The Morgan fingerprint density at radius 2 is 2.06 bits per heavy atom. The fourth-order valence-corrected chi connectivity index (χ4v) is 5.06. The number of hydrogen-bond donors (Lipinski definition) is 2. The first-order valence-corrected chi connectivity index (χ1v) is 7.95. The van der Waals surface area contributed by atoms with Gasteiger partial charge in [-0.3, -0.25) is 0 Å². The molecule has 2 aliphatic heterocycles. The summed E-state index contributed by atoms with van der Waals surface area (Å²) in [6.07, 6.45) is 0.293. The normalized spacial score (nSPS) is 34.2. The van der Waals surface area contributed by atoms with Gasteiger partial charge in [-0.2, -0.15) is 0 Å². The second-order valence-corrected chi connectivity index (χ2v) is 7.15. The van der Waals surface area contributed by atoms with Crippen LogP contribution in [0.3, 0.4) is 0 Å². The van der Waals surface area contributed by atoms with Crippen molar-refractivity contribution in [3.8, 4) is 0 Å². The van der Waals surface area contributed by atoms with Crippen LogP contribution in [0.25, 0.3) is 0 Å². The third kappa shape index (κ3) is 1.86. The van der Waals surface area contributed by atoms with Gasteiger partial charge in [0.25, 0.3) is 0 Å². The zero-order valence-corrected chi connectivity index (χ0v) is 10.9. The summed E-state index contributed by atoms with van der Waals surface area (Å²) < 4.78 is 24.2. The molecule has 0 radical (unpaired) electrons. The molecule has 3 unspecified atom stereocenters. The first-order chi connectivity index (χ1) is 8.59. The standard InChI is InChI=1S/C13H17NO3S/c15-12-5-6-14-7-10(12)11-8-18(16,17)13-4-2-1-3-9(11)13/h1-4,10-12,14-15H,5-8H2. The van der Waals surface area contributed by atoms with Crippen molar-refractivity contribution in [3.63, 3.8) is 0 Å². The zero-order valence-electron chi connectivity index (χ0n) is 10.0. The molecule has 0 bridgehead atoms. The predicted octanol–water partition coefficient (Wildman–Crippen LogP) is 0.528. The van der Waals surface area contributed by atoms with Gasteiger partial charge in [-0.05, 0) is 24.6 Å². The number of fused-ring (bicyclic) bond motifs is 1. The molecule has 0 aromatic heterocycles. The Balaban J connectivity index is 2.00. The number of piperidine rings is 1. The fraction of sp³-hybridized carbons (Fsp3) is 0.538. The third-order valence-electron chi connectivity index (χ3n) is 4.06. The Morgan fingerprint density at radius 1 is 1.28 bits per heavy atom. The van der Waals surface area contributed by atoms with Crippen molar-refractivity contribution in [2.45, 2.75) is 23.3 Å². The number of benzene rings is 1. The number of sulfone groups is 1. The van der Waals surface area contributed by atoms with Crippen LogP contribution in [0.2, 0.25) is 0 Å². The van der Waals surface area contributed by atoms with Gasteiger partial charge in [0.05, 0.1) is 16.8 Å². The fourth-order valence-electron chi connectivity index (χ4n) is 3.12. The van der Waals surface area contributed by atoms with E-state index in [2.05, 4.69) is 5.32 Å². The molecule has 2 aliphatic rings. The van der Waals surface area contributed by atoms with Crippen LogP contribution < -0.4 is 5.32 Å². The van der Waals surface area contributed by atoms with Gasteiger partial charge in [0, 0.05) is 18.4 Å². The van der Waals surface area contributed by atoms with Crippen molar-refractivity contribution in [3.05, 3.63) is 29.8 Å². The van der Waals surface area contributed by atoms with E-state index in [1.54, 1.807) is 12.1 Å². The summed E-state index contributed by atoms with van der Waals surface area (Å²) in [5, 5.41) is 13.3. The summed E-state index contributed by atoms with van der Waals surface area (Å²) in [5.74, 6) is 0.0571. The van der Waals surface area contributed by atoms with Gasteiger partial charge in [0.15, 0.2) is 9.84 Å². The molecule has 0 aliphatic carbocycles. The molecule has 3 atom stereocenters. The monoisotopic (exact) mass is 267 g/mol. The van der Waals surface area contributed by atoms with Crippen LogP contribution in [0.1, 0.15) is 17.9 Å². The van der Waals surface area contributed by atoms with Crippen LogP contribution >= 0.6 is 0 Å². The lowest BCUT2D eigenvalue weighted by Crippen LogP contribution is -2.43. The lowest BCUT2D eigenvalue weighted by molar-refractivity contribution is 0.0680. The molecule has 4 nitrogen and oxygen atoms in total. The van der Waals surface area contributed by atoms with E-state index in [-0.39, 0.29) is 17.6 Å². The lowest BCUT2D eigenvalue weighted by Gasteiger charge is -2.32. The molecule has 1 aromatic carbocycles. The number of aliphatic hydroxyl groups excluding tert-OH is 1. The topological polar surface area (TPSA) is 66.4 Å². The van der Waals surface area contributed by atoms with Gasteiger partial charge in [0.1, 0.15) is 0 Å². The van der Waals surface area contributed by atoms with Crippen molar-refractivity contribution in [1.29, 1.82) is 0 Å². The van der Waals surface area contributed by atoms with Crippen molar-refractivity contribution in [2.24, 2.45) is 5.92 Å². The Labute approximate surface area is 107 Å². The minimum atomic E-state index is -3.17. The Kier molecular flexibility index (Phi) is 2.92. The highest BCUT2D eigenvalue weighted by molar-refractivity contribution is 7.91. The van der Waals surface area contributed by atoms with Gasteiger partial charge in [-0.25, -0.2) is 8.42 Å². The van der Waals surface area contributed by atoms with Crippen LogP contribution in [0.5, 0.6) is 0 Å². The number of aliphatic hydroxyl groups is 1. The van der Waals surface area contributed by atoms with Gasteiger partial charge in [0.2, 0.25) is 0 Å². The minimum absolute atomic E-state index is 0.00262. The maximum Gasteiger partial charge on any atom is 0.179 e. The maximum absolute atomic E-state index is 12.1. The second-order valence-electron chi connectivity index (χ2n) is 5.15. The first kappa shape index (κ1) is 12.1. The Bertz CT molecular complexity index is 555. The Morgan fingerprint density at radius 3 is 2.83 bits per heavy atom. The highest BCUT2D eigenvalue weighted by Crippen LogP contribution is 2.41. The average Bonchev–Trinajstić information content (AvgIpc) is 2.63. The van der Waals surface area contributed by atoms with Crippen LogP contribution in [0, 0.1) is 5.92 Å². The minimum Gasteiger partial charge on any atom is -0.393 e. The van der Waals surface area contributed by atoms with Gasteiger partial charge >= 0.3 is 0 Å². The highest BCUT2D eigenvalue weighted by atomic mass is 32.2. The second kappa shape index (κ2) is 4.33. The van der Waals surface area contributed by atoms with E-state index in [1.807, 2.05) is 12.1 Å². The molecule has 2 heterocycles. The van der Waals surface area contributed by atoms with Crippen LogP contribution in [-0.4, -0.2) is 38.5 Å². The van der Waals surface area contributed by atoms with E-state index in [9.17, 15) is 13.5 Å². The molecule has 3 rings (SSSR count). The van der Waals surface area contributed by atoms with E-state index < -0.39 is 15.9 Å². The molecular weight excluding hydrogens is 250 g/mol. The molecule has 2 N–H and O–H groups in total. The summed E-state index contributed by atoms with van der Waals surface area (Å²) >= 11 is 0. The van der Waals surface area contributed by atoms with Crippen molar-refractivity contribution >= 4 is 9.84 Å². The molecule has 1 fully saturated rings. The van der Waals surface area contributed by atoms with E-state index in [0.717, 1.165) is 12.1 Å².